The first-order valence-corrected chi connectivity index (χ1v) is 6.83. The van der Waals surface area contributed by atoms with Crippen molar-refractivity contribution in [2.75, 3.05) is 18.8 Å². The van der Waals surface area contributed by atoms with E-state index in [0.717, 1.165) is 28.7 Å². The lowest BCUT2D eigenvalue weighted by molar-refractivity contribution is 0.313. The van der Waals surface area contributed by atoms with Crippen LogP contribution in [0.2, 0.25) is 5.02 Å². The highest BCUT2D eigenvalue weighted by Crippen LogP contribution is 2.27. The number of likely N-dealkylation sites (tertiary alicyclic amines) is 1. The fourth-order valence-corrected chi connectivity index (χ4v) is 2.91. The molecule has 3 heteroatoms. The number of benzene rings is 1. The van der Waals surface area contributed by atoms with Crippen LogP contribution in [0.3, 0.4) is 0 Å². The van der Waals surface area contributed by atoms with Crippen LogP contribution in [0.25, 0.3) is 0 Å². The smallest absolute Gasteiger partial charge is 0.0471 e. The Morgan fingerprint density at radius 3 is 3.00 bits per heavy atom. The van der Waals surface area contributed by atoms with Crippen LogP contribution in [0, 0.1) is 5.92 Å². The number of hydrogen-bond donors (Lipinski definition) is 1. The van der Waals surface area contributed by atoms with Crippen molar-refractivity contribution in [2.24, 2.45) is 5.92 Å². The molecule has 0 saturated carbocycles. The van der Waals surface area contributed by atoms with Gasteiger partial charge in [0, 0.05) is 29.4 Å². The predicted octanol–water partition coefficient (Wildman–Crippen LogP) is 3.54. The predicted molar refractivity (Wildman–Crippen MR) is 74.2 cm³/mol. The molecular weight excluding hydrogens is 232 g/mol. The summed E-state index contributed by atoms with van der Waals surface area (Å²) >= 11 is 6.20. The molecule has 1 fully saturated rings. The summed E-state index contributed by atoms with van der Waals surface area (Å²) in [6, 6.07) is 5.76. The van der Waals surface area contributed by atoms with E-state index >= 15 is 0 Å². The molecule has 2 N–H and O–H groups in total. The lowest BCUT2D eigenvalue weighted by Crippen LogP contribution is -2.21. The zero-order valence-electron chi connectivity index (χ0n) is 10.5. The molecule has 1 aromatic rings. The van der Waals surface area contributed by atoms with Crippen molar-refractivity contribution in [1.82, 2.24) is 4.90 Å². The van der Waals surface area contributed by atoms with Crippen molar-refractivity contribution in [1.29, 1.82) is 0 Å². The van der Waals surface area contributed by atoms with Crippen LogP contribution < -0.4 is 5.73 Å². The summed E-state index contributed by atoms with van der Waals surface area (Å²) in [6.45, 7) is 5.52. The number of nitrogens with zero attached hydrogens (tertiary/aromatic N) is 1. The SMILES string of the molecule is CCCC1CCN(Cc2c(N)cccc2Cl)C1. The normalized spacial score (nSPS) is 20.9. The molecule has 2 nitrogen and oxygen atoms in total. The minimum atomic E-state index is 0.795. The third-order valence-corrected chi connectivity index (χ3v) is 3.96. The number of nitrogens with two attached hydrogens (primary N) is 1. The standard InChI is InChI=1S/C14H21ClN2/c1-2-4-11-7-8-17(9-11)10-12-13(15)5-3-6-14(12)16/h3,5-6,11H,2,4,7-10,16H2,1H3. The first-order chi connectivity index (χ1) is 8.20. The molecule has 1 atom stereocenters. The summed E-state index contributed by atoms with van der Waals surface area (Å²) in [6.07, 6.45) is 3.94. The van der Waals surface area contributed by atoms with Crippen LogP contribution in [0.5, 0.6) is 0 Å². The molecule has 0 aromatic heterocycles. The Bertz CT molecular complexity index is 358. The van der Waals surface area contributed by atoms with Crippen molar-refractivity contribution < 1.29 is 0 Å². The van der Waals surface area contributed by atoms with Crippen molar-refractivity contribution in [3.8, 4) is 0 Å². The molecular formula is C14H21ClN2. The molecule has 1 aromatic carbocycles. The quantitative estimate of drug-likeness (QED) is 0.831. The van der Waals surface area contributed by atoms with Gasteiger partial charge >= 0.3 is 0 Å². The van der Waals surface area contributed by atoms with E-state index in [1.165, 1.54) is 32.4 Å². The monoisotopic (exact) mass is 252 g/mol. The average molecular weight is 253 g/mol. The topological polar surface area (TPSA) is 29.3 Å². The average Bonchev–Trinajstić information content (AvgIpc) is 2.72. The van der Waals surface area contributed by atoms with Gasteiger partial charge in [-0.2, -0.15) is 0 Å². The van der Waals surface area contributed by atoms with Crippen LogP contribution in [0.1, 0.15) is 31.7 Å². The zero-order valence-corrected chi connectivity index (χ0v) is 11.2. The fraction of sp³-hybridized carbons (Fsp3) is 0.571. The fourth-order valence-electron chi connectivity index (χ4n) is 2.67. The van der Waals surface area contributed by atoms with Crippen molar-refractivity contribution >= 4 is 17.3 Å². The van der Waals surface area contributed by atoms with Gasteiger partial charge in [-0.05, 0) is 37.4 Å². The second kappa shape index (κ2) is 5.74. The molecule has 0 aliphatic carbocycles. The van der Waals surface area contributed by atoms with E-state index in [0.29, 0.717) is 0 Å². The Morgan fingerprint density at radius 2 is 2.29 bits per heavy atom. The highest BCUT2D eigenvalue weighted by atomic mass is 35.5. The lowest BCUT2D eigenvalue weighted by atomic mass is 10.0. The Kier molecular flexibility index (Phi) is 4.30. The van der Waals surface area contributed by atoms with Gasteiger partial charge in [0.2, 0.25) is 0 Å². The molecule has 1 saturated heterocycles. The van der Waals surface area contributed by atoms with Crippen LogP contribution >= 0.6 is 11.6 Å². The summed E-state index contributed by atoms with van der Waals surface area (Å²) < 4.78 is 0. The highest BCUT2D eigenvalue weighted by molar-refractivity contribution is 6.31. The number of anilines is 1. The summed E-state index contributed by atoms with van der Waals surface area (Å²) in [7, 11) is 0. The van der Waals surface area contributed by atoms with Crippen LogP contribution in [0.4, 0.5) is 5.69 Å². The maximum Gasteiger partial charge on any atom is 0.0471 e. The van der Waals surface area contributed by atoms with Gasteiger partial charge in [-0.1, -0.05) is 31.0 Å². The van der Waals surface area contributed by atoms with Crippen molar-refractivity contribution in [3.05, 3.63) is 28.8 Å². The number of hydrogen-bond acceptors (Lipinski definition) is 2. The largest absolute Gasteiger partial charge is 0.398 e. The van der Waals surface area contributed by atoms with Crippen molar-refractivity contribution in [3.63, 3.8) is 0 Å². The van der Waals surface area contributed by atoms with Gasteiger partial charge in [-0.25, -0.2) is 0 Å². The first-order valence-electron chi connectivity index (χ1n) is 6.46. The molecule has 0 bridgehead atoms. The van der Waals surface area contributed by atoms with Crippen LogP contribution in [-0.2, 0) is 6.54 Å². The first kappa shape index (κ1) is 12.7. The molecule has 94 valence electrons. The number of nitrogen functional groups attached to an aromatic ring is 1. The molecule has 1 aliphatic heterocycles. The number of rotatable bonds is 4. The van der Waals surface area contributed by atoms with E-state index in [2.05, 4.69) is 11.8 Å². The maximum absolute atomic E-state index is 6.20. The summed E-state index contributed by atoms with van der Waals surface area (Å²) in [5, 5.41) is 0.795. The van der Waals surface area contributed by atoms with E-state index in [1.54, 1.807) is 0 Å². The van der Waals surface area contributed by atoms with E-state index in [4.69, 9.17) is 17.3 Å². The molecule has 1 unspecified atom stereocenters. The Labute approximate surface area is 109 Å². The van der Waals surface area contributed by atoms with Crippen LogP contribution in [-0.4, -0.2) is 18.0 Å². The summed E-state index contributed by atoms with van der Waals surface area (Å²) in [5.74, 6) is 0.865. The van der Waals surface area contributed by atoms with Crippen molar-refractivity contribution in [2.45, 2.75) is 32.7 Å². The van der Waals surface area contributed by atoms with E-state index in [9.17, 15) is 0 Å². The molecule has 1 aliphatic rings. The van der Waals surface area contributed by atoms with Crippen LogP contribution in [0.15, 0.2) is 18.2 Å². The lowest BCUT2D eigenvalue weighted by Gasteiger charge is -2.18. The van der Waals surface area contributed by atoms with Gasteiger partial charge in [0.05, 0.1) is 0 Å². The van der Waals surface area contributed by atoms with E-state index < -0.39 is 0 Å². The van der Waals surface area contributed by atoms with Gasteiger partial charge < -0.3 is 5.73 Å². The molecule has 17 heavy (non-hydrogen) atoms. The third kappa shape index (κ3) is 3.14. The van der Waals surface area contributed by atoms with E-state index in [-0.39, 0.29) is 0 Å². The van der Waals surface area contributed by atoms with E-state index in [1.807, 2.05) is 18.2 Å². The Hall–Kier alpha value is -0.730. The summed E-state index contributed by atoms with van der Waals surface area (Å²) in [5.41, 5.74) is 7.89. The second-order valence-corrected chi connectivity index (χ2v) is 5.39. The van der Waals surface area contributed by atoms with Gasteiger partial charge in [0.15, 0.2) is 0 Å². The molecule has 0 spiro atoms. The van der Waals surface area contributed by atoms with Gasteiger partial charge in [0.1, 0.15) is 0 Å². The molecule has 0 radical (unpaired) electrons. The molecule has 0 amide bonds. The minimum absolute atomic E-state index is 0.795. The third-order valence-electron chi connectivity index (χ3n) is 3.60. The molecule has 1 heterocycles. The minimum Gasteiger partial charge on any atom is -0.398 e. The highest BCUT2D eigenvalue weighted by Gasteiger charge is 2.22. The summed E-state index contributed by atoms with van der Waals surface area (Å²) in [4.78, 5) is 2.47. The van der Waals surface area contributed by atoms with Gasteiger partial charge in [0.25, 0.3) is 0 Å². The van der Waals surface area contributed by atoms with Gasteiger partial charge in [-0.3, -0.25) is 4.90 Å². The van der Waals surface area contributed by atoms with Gasteiger partial charge in [-0.15, -0.1) is 0 Å². The zero-order chi connectivity index (χ0) is 12.3. The Balaban J connectivity index is 1.98. The second-order valence-electron chi connectivity index (χ2n) is 4.99. The number of halogens is 1. The molecule has 2 rings (SSSR count). The Morgan fingerprint density at radius 1 is 1.47 bits per heavy atom. The maximum atomic E-state index is 6.20.